The Balaban J connectivity index is 3.54. The monoisotopic (exact) mass is 203 g/mol. The molecule has 0 spiro atoms. The number of aromatic amines is 1. The number of pyridine rings is 1. The van der Waals surface area contributed by atoms with Gasteiger partial charge in [-0.3, -0.25) is 4.79 Å². The Labute approximate surface area is 77.2 Å². The van der Waals surface area contributed by atoms with Gasteiger partial charge in [-0.1, -0.05) is 0 Å². The molecule has 0 saturated heterocycles. The molecule has 1 rings (SSSR count). The van der Waals surface area contributed by atoms with Gasteiger partial charge in [-0.15, -0.1) is 0 Å². The minimum atomic E-state index is -3.01. The van der Waals surface area contributed by atoms with E-state index in [1.54, 1.807) is 0 Å². The highest BCUT2D eigenvalue weighted by Crippen LogP contribution is 2.18. The number of aromatic carboxylic acids is 1. The minimum absolute atomic E-state index is 0.0896. The lowest BCUT2D eigenvalue weighted by Crippen LogP contribution is -2.21. The molecule has 14 heavy (non-hydrogen) atoms. The zero-order chi connectivity index (χ0) is 10.9. The highest BCUT2D eigenvalue weighted by atomic mass is 19.3. The average Bonchev–Trinajstić information content (AvgIpc) is 2.08. The molecule has 1 aromatic rings. The topological polar surface area (TPSA) is 70.2 Å². The molecule has 6 heteroatoms. The number of hydrogen-bond acceptors (Lipinski definition) is 2. The number of alkyl halides is 2. The zero-order valence-electron chi connectivity index (χ0n) is 7.17. The third-order valence-corrected chi connectivity index (χ3v) is 1.73. The quantitative estimate of drug-likeness (QED) is 0.761. The van der Waals surface area contributed by atoms with E-state index in [2.05, 4.69) is 4.98 Å². The van der Waals surface area contributed by atoms with Crippen molar-refractivity contribution in [3.8, 4) is 0 Å². The van der Waals surface area contributed by atoms with Crippen LogP contribution >= 0.6 is 0 Å². The van der Waals surface area contributed by atoms with Gasteiger partial charge >= 0.3 is 5.97 Å². The molecule has 0 aromatic carbocycles. The van der Waals surface area contributed by atoms with Crippen molar-refractivity contribution in [3.63, 3.8) is 0 Å². The number of aromatic nitrogens is 1. The molecule has 0 radical (unpaired) electrons. The number of halogens is 2. The fourth-order valence-corrected chi connectivity index (χ4v) is 1.03. The maximum atomic E-state index is 12.3. The molecule has 0 aliphatic rings. The third-order valence-electron chi connectivity index (χ3n) is 1.73. The standard InChI is InChI=1S/C8H7F2NO3/c1-3-2-11-5(7(9)10)4(6(3)12)8(13)14/h2,7H,1H3,(H,11,12)(H,13,14). The number of rotatable bonds is 2. The second kappa shape index (κ2) is 3.57. The first-order valence-corrected chi connectivity index (χ1v) is 3.68. The molecule has 0 atom stereocenters. The number of H-pyrrole nitrogens is 1. The van der Waals surface area contributed by atoms with Crippen LogP contribution in [0.25, 0.3) is 0 Å². The van der Waals surface area contributed by atoms with E-state index < -0.39 is 29.1 Å². The van der Waals surface area contributed by atoms with Crippen molar-refractivity contribution in [1.82, 2.24) is 4.98 Å². The summed E-state index contributed by atoms with van der Waals surface area (Å²) >= 11 is 0. The van der Waals surface area contributed by atoms with Crippen molar-refractivity contribution in [1.29, 1.82) is 0 Å². The molecule has 1 heterocycles. The highest BCUT2D eigenvalue weighted by molar-refractivity contribution is 5.89. The first-order chi connectivity index (χ1) is 6.45. The summed E-state index contributed by atoms with van der Waals surface area (Å²) in [6.45, 7) is 1.35. The van der Waals surface area contributed by atoms with Crippen LogP contribution < -0.4 is 5.43 Å². The highest BCUT2D eigenvalue weighted by Gasteiger charge is 2.22. The van der Waals surface area contributed by atoms with Gasteiger partial charge in [-0.25, -0.2) is 13.6 Å². The van der Waals surface area contributed by atoms with Crippen LogP contribution in [0.15, 0.2) is 11.0 Å². The Morgan fingerprint density at radius 2 is 2.14 bits per heavy atom. The molecular weight excluding hydrogens is 196 g/mol. The molecule has 0 amide bonds. The number of carbonyl (C=O) groups is 1. The van der Waals surface area contributed by atoms with Gasteiger partial charge in [0.25, 0.3) is 6.43 Å². The SMILES string of the molecule is Cc1c[nH]c(C(F)F)c(C(=O)O)c1=O. The van der Waals surface area contributed by atoms with Crippen LogP contribution in [-0.4, -0.2) is 16.1 Å². The summed E-state index contributed by atoms with van der Waals surface area (Å²) in [5.41, 5.74) is -2.54. The lowest BCUT2D eigenvalue weighted by molar-refractivity contribution is 0.0680. The fourth-order valence-electron chi connectivity index (χ4n) is 1.03. The van der Waals surface area contributed by atoms with E-state index in [1.165, 1.54) is 6.92 Å². The number of carboxylic acid groups (broad SMARTS) is 1. The summed E-state index contributed by atoms with van der Waals surface area (Å²) in [6.07, 6.45) is -1.94. The van der Waals surface area contributed by atoms with Gasteiger partial charge in [-0.2, -0.15) is 0 Å². The molecule has 0 bridgehead atoms. The van der Waals surface area contributed by atoms with Gasteiger partial charge in [-0.05, 0) is 6.92 Å². The lowest BCUT2D eigenvalue weighted by atomic mass is 10.1. The predicted octanol–water partition coefficient (Wildman–Crippen LogP) is 1.32. The first-order valence-electron chi connectivity index (χ1n) is 3.68. The summed E-state index contributed by atoms with van der Waals surface area (Å²) in [5.74, 6) is -1.65. The predicted molar refractivity (Wildman–Crippen MR) is 43.7 cm³/mol. The van der Waals surface area contributed by atoms with Crippen molar-refractivity contribution in [3.05, 3.63) is 33.2 Å². The Hall–Kier alpha value is -1.72. The summed E-state index contributed by atoms with van der Waals surface area (Å²) < 4.78 is 24.5. The molecule has 0 unspecified atom stereocenters. The van der Waals surface area contributed by atoms with E-state index in [4.69, 9.17) is 5.11 Å². The summed E-state index contributed by atoms with van der Waals surface area (Å²) in [7, 11) is 0. The van der Waals surface area contributed by atoms with Crippen LogP contribution in [-0.2, 0) is 0 Å². The van der Waals surface area contributed by atoms with E-state index in [1.807, 2.05) is 0 Å². The number of nitrogens with one attached hydrogen (secondary N) is 1. The number of carboxylic acids is 1. The van der Waals surface area contributed by atoms with Crippen molar-refractivity contribution in [2.45, 2.75) is 13.3 Å². The van der Waals surface area contributed by atoms with E-state index in [0.717, 1.165) is 6.20 Å². The first kappa shape index (κ1) is 10.4. The van der Waals surface area contributed by atoms with Crippen LogP contribution in [0.5, 0.6) is 0 Å². The largest absolute Gasteiger partial charge is 0.477 e. The van der Waals surface area contributed by atoms with Gasteiger partial charge in [0, 0.05) is 11.8 Å². The molecule has 0 fully saturated rings. The van der Waals surface area contributed by atoms with Gasteiger partial charge in [0.05, 0.1) is 0 Å². The smallest absolute Gasteiger partial charge is 0.341 e. The molecular formula is C8H7F2NO3. The number of hydrogen-bond donors (Lipinski definition) is 2. The lowest BCUT2D eigenvalue weighted by Gasteiger charge is -2.04. The van der Waals surface area contributed by atoms with Gasteiger partial charge in [0.2, 0.25) is 0 Å². The van der Waals surface area contributed by atoms with E-state index >= 15 is 0 Å². The van der Waals surface area contributed by atoms with E-state index in [9.17, 15) is 18.4 Å². The fraction of sp³-hybridized carbons (Fsp3) is 0.250. The second-order valence-electron chi connectivity index (χ2n) is 2.70. The Bertz CT molecular complexity index is 425. The third kappa shape index (κ3) is 1.63. The molecule has 0 saturated carbocycles. The summed E-state index contributed by atoms with van der Waals surface area (Å²) in [6, 6.07) is 0. The van der Waals surface area contributed by atoms with Crippen LogP contribution in [0.4, 0.5) is 8.78 Å². The molecule has 0 aliphatic carbocycles. The van der Waals surface area contributed by atoms with Gasteiger partial charge < -0.3 is 10.1 Å². The van der Waals surface area contributed by atoms with Gasteiger partial charge in [0.1, 0.15) is 11.3 Å². The maximum Gasteiger partial charge on any atom is 0.341 e. The summed E-state index contributed by atoms with van der Waals surface area (Å²) in [5, 5.41) is 8.57. The Morgan fingerprint density at radius 3 is 2.57 bits per heavy atom. The maximum absolute atomic E-state index is 12.3. The van der Waals surface area contributed by atoms with E-state index in [-0.39, 0.29) is 5.56 Å². The minimum Gasteiger partial charge on any atom is -0.477 e. The molecule has 4 nitrogen and oxygen atoms in total. The Morgan fingerprint density at radius 1 is 1.57 bits per heavy atom. The van der Waals surface area contributed by atoms with Crippen LogP contribution in [0.2, 0.25) is 0 Å². The van der Waals surface area contributed by atoms with Crippen molar-refractivity contribution in [2.24, 2.45) is 0 Å². The van der Waals surface area contributed by atoms with Crippen molar-refractivity contribution < 1.29 is 18.7 Å². The van der Waals surface area contributed by atoms with Crippen LogP contribution in [0, 0.1) is 6.92 Å². The zero-order valence-corrected chi connectivity index (χ0v) is 7.17. The van der Waals surface area contributed by atoms with Crippen LogP contribution in [0.3, 0.4) is 0 Å². The Kier molecular flexibility index (Phi) is 2.64. The van der Waals surface area contributed by atoms with E-state index in [0.29, 0.717) is 0 Å². The molecule has 1 aromatic heterocycles. The number of aryl methyl sites for hydroxylation is 1. The van der Waals surface area contributed by atoms with Crippen molar-refractivity contribution >= 4 is 5.97 Å². The van der Waals surface area contributed by atoms with Crippen molar-refractivity contribution in [2.75, 3.05) is 0 Å². The average molecular weight is 203 g/mol. The second-order valence-corrected chi connectivity index (χ2v) is 2.70. The van der Waals surface area contributed by atoms with Crippen LogP contribution in [0.1, 0.15) is 28.0 Å². The molecule has 0 aliphatic heterocycles. The van der Waals surface area contributed by atoms with Gasteiger partial charge in [0.15, 0.2) is 5.43 Å². The molecule has 2 N–H and O–H groups in total. The normalized spacial score (nSPS) is 10.6. The summed E-state index contributed by atoms with van der Waals surface area (Å²) in [4.78, 5) is 23.8. The molecule has 76 valence electrons.